The number of benzene rings is 1. The van der Waals surface area contributed by atoms with E-state index in [0.29, 0.717) is 26.1 Å². The number of nitrogens with zero attached hydrogens (tertiary/aromatic N) is 2. The van der Waals surface area contributed by atoms with Crippen LogP contribution in [0.2, 0.25) is 0 Å². The van der Waals surface area contributed by atoms with Crippen molar-refractivity contribution >= 4 is 11.7 Å². The average Bonchev–Trinajstić information content (AvgIpc) is 2.73. The van der Waals surface area contributed by atoms with Crippen LogP contribution >= 0.6 is 0 Å². The number of amidine groups is 1. The number of oxime groups is 1. The highest BCUT2D eigenvalue weighted by atomic mass is 16.5. The summed E-state index contributed by atoms with van der Waals surface area (Å²) < 4.78 is 5.65. The van der Waals surface area contributed by atoms with Gasteiger partial charge in [-0.2, -0.15) is 0 Å². The van der Waals surface area contributed by atoms with Gasteiger partial charge >= 0.3 is 0 Å². The van der Waals surface area contributed by atoms with E-state index in [1.807, 2.05) is 31.2 Å². The molecule has 0 bridgehead atoms. The predicted molar refractivity (Wildman–Crippen MR) is 79.2 cm³/mol. The first-order valence-electron chi connectivity index (χ1n) is 7.14. The van der Waals surface area contributed by atoms with Gasteiger partial charge in [0, 0.05) is 12.1 Å². The van der Waals surface area contributed by atoms with Gasteiger partial charge in [-0.1, -0.05) is 36.7 Å². The Labute approximate surface area is 124 Å². The Morgan fingerprint density at radius 3 is 3.00 bits per heavy atom. The van der Waals surface area contributed by atoms with Crippen molar-refractivity contribution < 1.29 is 14.7 Å². The molecule has 21 heavy (non-hydrogen) atoms. The molecule has 6 heteroatoms. The molecule has 1 aromatic rings. The van der Waals surface area contributed by atoms with E-state index in [9.17, 15) is 4.79 Å². The summed E-state index contributed by atoms with van der Waals surface area (Å²) >= 11 is 0. The summed E-state index contributed by atoms with van der Waals surface area (Å²) in [6.07, 6.45) is 1.35. The lowest BCUT2D eigenvalue weighted by atomic mass is 10.0. The molecule has 0 fully saturated rings. The highest BCUT2D eigenvalue weighted by Gasteiger charge is 2.29. The van der Waals surface area contributed by atoms with Crippen LogP contribution in [-0.4, -0.2) is 35.0 Å². The van der Waals surface area contributed by atoms with Crippen molar-refractivity contribution in [2.45, 2.75) is 26.3 Å². The number of nitrogens with two attached hydrogens (primary N) is 1. The molecule has 114 valence electrons. The molecule has 0 saturated carbocycles. The van der Waals surface area contributed by atoms with Crippen molar-refractivity contribution in [1.82, 2.24) is 4.90 Å². The van der Waals surface area contributed by atoms with E-state index in [4.69, 9.17) is 15.7 Å². The number of amides is 1. The summed E-state index contributed by atoms with van der Waals surface area (Å²) in [7, 11) is 0. The van der Waals surface area contributed by atoms with E-state index in [-0.39, 0.29) is 11.7 Å². The zero-order valence-electron chi connectivity index (χ0n) is 12.2. The fourth-order valence-corrected chi connectivity index (χ4v) is 2.49. The van der Waals surface area contributed by atoms with Crippen LogP contribution in [0.3, 0.4) is 0 Å². The lowest BCUT2D eigenvalue weighted by molar-refractivity contribution is -0.134. The van der Waals surface area contributed by atoms with E-state index in [2.05, 4.69) is 5.16 Å². The Balaban J connectivity index is 2.18. The molecule has 1 aliphatic heterocycles. The van der Waals surface area contributed by atoms with Crippen LogP contribution in [0, 0.1) is 5.92 Å². The second kappa shape index (κ2) is 6.97. The summed E-state index contributed by atoms with van der Waals surface area (Å²) in [4.78, 5) is 14.4. The zero-order chi connectivity index (χ0) is 15.2. The third-order valence-corrected chi connectivity index (χ3v) is 3.61. The molecule has 0 radical (unpaired) electrons. The number of hydrogen-bond donors (Lipinski definition) is 2. The topological polar surface area (TPSA) is 88.2 Å². The SMILES string of the molecule is CCCC(C(=O)N1CCOc2ccccc2C1)C(N)=NO. The van der Waals surface area contributed by atoms with Crippen molar-refractivity contribution in [2.24, 2.45) is 16.8 Å². The summed E-state index contributed by atoms with van der Waals surface area (Å²) in [6.45, 7) is 3.38. The average molecular weight is 291 g/mol. The van der Waals surface area contributed by atoms with Gasteiger partial charge < -0.3 is 20.6 Å². The van der Waals surface area contributed by atoms with Crippen LogP contribution < -0.4 is 10.5 Å². The molecule has 0 saturated heterocycles. The Morgan fingerprint density at radius 2 is 2.29 bits per heavy atom. The van der Waals surface area contributed by atoms with E-state index < -0.39 is 5.92 Å². The molecule has 1 aromatic carbocycles. The van der Waals surface area contributed by atoms with E-state index in [1.165, 1.54) is 0 Å². The van der Waals surface area contributed by atoms with Crippen LogP contribution in [0.1, 0.15) is 25.3 Å². The number of fused-ring (bicyclic) bond motifs is 1. The second-order valence-electron chi connectivity index (χ2n) is 5.08. The minimum absolute atomic E-state index is 0.0275. The van der Waals surface area contributed by atoms with Gasteiger partial charge in [-0.05, 0) is 12.5 Å². The van der Waals surface area contributed by atoms with Crippen molar-refractivity contribution in [2.75, 3.05) is 13.2 Å². The summed E-state index contributed by atoms with van der Waals surface area (Å²) in [5.74, 6) is 0.0849. The van der Waals surface area contributed by atoms with E-state index in [1.54, 1.807) is 4.90 Å². The Hall–Kier alpha value is -2.24. The molecule has 0 aliphatic carbocycles. The zero-order valence-corrected chi connectivity index (χ0v) is 12.2. The smallest absolute Gasteiger partial charge is 0.233 e. The Kier molecular flexibility index (Phi) is 5.03. The quantitative estimate of drug-likeness (QED) is 0.381. The second-order valence-corrected chi connectivity index (χ2v) is 5.08. The number of para-hydroxylation sites is 1. The van der Waals surface area contributed by atoms with Crippen LogP contribution in [-0.2, 0) is 11.3 Å². The van der Waals surface area contributed by atoms with Gasteiger partial charge in [0.2, 0.25) is 5.91 Å². The minimum Gasteiger partial charge on any atom is -0.491 e. The highest BCUT2D eigenvalue weighted by molar-refractivity contribution is 6.02. The third kappa shape index (κ3) is 3.45. The molecular weight excluding hydrogens is 270 g/mol. The highest BCUT2D eigenvalue weighted by Crippen LogP contribution is 2.24. The molecule has 6 nitrogen and oxygen atoms in total. The fourth-order valence-electron chi connectivity index (χ4n) is 2.49. The molecule has 3 N–H and O–H groups in total. The summed E-state index contributed by atoms with van der Waals surface area (Å²) in [6, 6.07) is 7.67. The van der Waals surface area contributed by atoms with Crippen molar-refractivity contribution in [3.8, 4) is 5.75 Å². The number of carbonyl (C=O) groups excluding carboxylic acids is 1. The molecule has 1 unspecified atom stereocenters. The molecule has 1 aliphatic rings. The molecule has 1 atom stereocenters. The van der Waals surface area contributed by atoms with Gasteiger partial charge in [-0.25, -0.2) is 0 Å². The number of carbonyl (C=O) groups is 1. The van der Waals surface area contributed by atoms with Crippen molar-refractivity contribution in [1.29, 1.82) is 0 Å². The number of rotatable bonds is 4. The maximum absolute atomic E-state index is 12.6. The van der Waals surface area contributed by atoms with Gasteiger partial charge in [0.1, 0.15) is 12.4 Å². The first-order valence-corrected chi connectivity index (χ1v) is 7.14. The molecular formula is C15H21N3O3. The fraction of sp³-hybridized carbons (Fsp3) is 0.467. The molecule has 0 aromatic heterocycles. The van der Waals surface area contributed by atoms with E-state index in [0.717, 1.165) is 17.7 Å². The van der Waals surface area contributed by atoms with Gasteiger partial charge in [0.25, 0.3) is 0 Å². The number of hydrogen-bond acceptors (Lipinski definition) is 4. The number of ether oxygens (including phenoxy) is 1. The largest absolute Gasteiger partial charge is 0.491 e. The minimum atomic E-state index is -0.578. The maximum atomic E-state index is 12.6. The third-order valence-electron chi connectivity index (χ3n) is 3.61. The maximum Gasteiger partial charge on any atom is 0.233 e. The van der Waals surface area contributed by atoms with Crippen LogP contribution in [0.4, 0.5) is 0 Å². The lowest BCUT2D eigenvalue weighted by Gasteiger charge is -2.24. The van der Waals surface area contributed by atoms with Crippen LogP contribution in [0.25, 0.3) is 0 Å². The van der Waals surface area contributed by atoms with E-state index >= 15 is 0 Å². The van der Waals surface area contributed by atoms with Crippen molar-refractivity contribution in [3.05, 3.63) is 29.8 Å². The first kappa shape index (κ1) is 15.2. The van der Waals surface area contributed by atoms with Crippen LogP contribution in [0.5, 0.6) is 5.75 Å². The molecule has 1 amide bonds. The van der Waals surface area contributed by atoms with Gasteiger partial charge in [-0.3, -0.25) is 4.79 Å². The molecule has 0 spiro atoms. The summed E-state index contributed by atoms with van der Waals surface area (Å²) in [5, 5.41) is 11.9. The standard InChI is InChI=1S/C15H21N3O3/c1-2-5-12(14(16)17-20)15(19)18-8-9-21-13-7-4-3-6-11(13)10-18/h3-4,6-7,12,20H,2,5,8-10H2,1H3,(H2,16,17). The Bertz CT molecular complexity index is 531. The van der Waals surface area contributed by atoms with Crippen molar-refractivity contribution in [3.63, 3.8) is 0 Å². The monoisotopic (exact) mass is 291 g/mol. The van der Waals surface area contributed by atoms with Crippen LogP contribution in [0.15, 0.2) is 29.4 Å². The summed E-state index contributed by atoms with van der Waals surface area (Å²) in [5.41, 5.74) is 6.64. The van der Waals surface area contributed by atoms with Gasteiger partial charge in [0.15, 0.2) is 5.84 Å². The Morgan fingerprint density at radius 1 is 1.52 bits per heavy atom. The molecule has 2 rings (SSSR count). The lowest BCUT2D eigenvalue weighted by Crippen LogP contribution is -2.42. The van der Waals surface area contributed by atoms with Gasteiger partial charge in [0.05, 0.1) is 12.5 Å². The van der Waals surface area contributed by atoms with Gasteiger partial charge in [-0.15, -0.1) is 0 Å². The normalized spacial score (nSPS) is 16.6. The molecule has 1 heterocycles. The predicted octanol–water partition coefficient (Wildman–Crippen LogP) is 1.57. The first-order chi connectivity index (χ1) is 10.2.